The number of piperidine rings is 1. The van der Waals surface area contributed by atoms with Crippen LogP contribution in [0.5, 0.6) is 0 Å². The van der Waals surface area contributed by atoms with E-state index < -0.39 is 15.9 Å². The van der Waals surface area contributed by atoms with Gasteiger partial charge in [0.25, 0.3) is 0 Å². The molecule has 7 rings (SSSR count). The van der Waals surface area contributed by atoms with Crippen LogP contribution < -0.4 is 15.5 Å². The van der Waals surface area contributed by atoms with Gasteiger partial charge in [0, 0.05) is 43.6 Å². The van der Waals surface area contributed by atoms with Crippen LogP contribution in [-0.2, 0) is 21.6 Å². The lowest BCUT2D eigenvalue weighted by Crippen LogP contribution is -2.43. The van der Waals surface area contributed by atoms with Crippen LogP contribution >= 0.6 is 0 Å². The first-order chi connectivity index (χ1) is 21.8. The predicted octanol–water partition coefficient (Wildman–Crippen LogP) is 4.30. The molecule has 236 valence electrons. The summed E-state index contributed by atoms with van der Waals surface area (Å²) in [4.78, 5) is 27.3. The van der Waals surface area contributed by atoms with Crippen LogP contribution in [0.25, 0.3) is 22.4 Å². The number of benzene rings is 2. The zero-order valence-electron chi connectivity index (χ0n) is 25.4. The van der Waals surface area contributed by atoms with E-state index >= 15 is 0 Å². The van der Waals surface area contributed by atoms with Gasteiger partial charge in [-0.3, -0.25) is 4.68 Å². The summed E-state index contributed by atoms with van der Waals surface area (Å²) < 4.78 is 33.5. The normalized spacial score (nSPS) is 20.4. The van der Waals surface area contributed by atoms with Gasteiger partial charge in [0.2, 0.25) is 0 Å². The standard InChI is InChI=1S/C32H38N8O4S/c1-38-30-28(19-33-38)31(40-20-25-11-12-26(21-40)44-25)37-29(36-30)22-5-7-23(8-6-22)34-32(41)35-24-9-13-27(14-10-24)45(42,43)18-17-39-15-3-2-4-16-39/h5-10,13-14,19,25-26H,2-4,11-12,15-18,20-21H2,1H3,(H2,34,35,41). The van der Waals surface area contributed by atoms with Gasteiger partial charge in [-0.2, -0.15) is 5.10 Å². The number of carbonyl (C=O) groups is 1. The molecule has 3 saturated heterocycles. The maximum atomic E-state index is 12.8. The molecule has 2 bridgehead atoms. The minimum Gasteiger partial charge on any atom is -0.371 e. The van der Waals surface area contributed by atoms with Crippen molar-refractivity contribution in [3.63, 3.8) is 0 Å². The van der Waals surface area contributed by atoms with Crippen molar-refractivity contribution in [2.75, 3.05) is 54.0 Å². The predicted molar refractivity (Wildman–Crippen MR) is 173 cm³/mol. The quantitative estimate of drug-likeness (QED) is 0.292. The lowest BCUT2D eigenvalue weighted by Gasteiger charge is -2.33. The van der Waals surface area contributed by atoms with E-state index in [9.17, 15) is 13.2 Å². The SMILES string of the molecule is Cn1ncc2c(N3CC4CCC(C3)O4)nc(-c3ccc(NC(=O)Nc4ccc(S(=O)(=O)CCN5CCCCC5)cc4)cc3)nc21. The van der Waals surface area contributed by atoms with Crippen molar-refractivity contribution in [2.24, 2.45) is 7.05 Å². The molecule has 2 unspecified atom stereocenters. The van der Waals surface area contributed by atoms with Crippen LogP contribution in [0.3, 0.4) is 0 Å². The smallest absolute Gasteiger partial charge is 0.323 e. The second-order valence-electron chi connectivity index (χ2n) is 12.1. The molecule has 0 radical (unpaired) electrons. The highest BCUT2D eigenvalue weighted by molar-refractivity contribution is 7.91. The molecule has 0 aliphatic carbocycles. The molecule has 13 heteroatoms. The zero-order chi connectivity index (χ0) is 31.0. The molecule has 2 aromatic carbocycles. The Morgan fingerprint density at radius 2 is 1.56 bits per heavy atom. The molecule has 2 aromatic heterocycles. The van der Waals surface area contributed by atoms with Gasteiger partial charge < -0.3 is 25.2 Å². The Morgan fingerprint density at radius 3 is 2.22 bits per heavy atom. The molecule has 5 heterocycles. The van der Waals surface area contributed by atoms with E-state index in [-0.39, 0.29) is 22.9 Å². The number of urea groups is 1. The summed E-state index contributed by atoms with van der Waals surface area (Å²) >= 11 is 0. The van der Waals surface area contributed by atoms with Crippen LogP contribution in [0.4, 0.5) is 22.0 Å². The number of nitrogens with zero attached hydrogens (tertiary/aromatic N) is 6. The fourth-order valence-electron chi connectivity index (χ4n) is 6.46. The van der Waals surface area contributed by atoms with Gasteiger partial charge in [0.05, 0.1) is 34.4 Å². The van der Waals surface area contributed by atoms with E-state index in [2.05, 4.69) is 25.5 Å². The summed E-state index contributed by atoms with van der Waals surface area (Å²) in [6.45, 7) is 4.06. The van der Waals surface area contributed by atoms with Crippen molar-refractivity contribution < 1.29 is 17.9 Å². The van der Waals surface area contributed by atoms with E-state index in [1.54, 1.807) is 41.1 Å². The van der Waals surface area contributed by atoms with Crippen LogP contribution in [0, 0.1) is 0 Å². The third-order valence-electron chi connectivity index (χ3n) is 8.91. The molecular weight excluding hydrogens is 592 g/mol. The summed E-state index contributed by atoms with van der Waals surface area (Å²) in [6, 6.07) is 13.2. The molecule has 3 aliphatic rings. The number of aromatic nitrogens is 4. The molecule has 2 amide bonds. The third-order valence-corrected chi connectivity index (χ3v) is 10.6. The highest BCUT2D eigenvalue weighted by Gasteiger charge is 2.35. The van der Waals surface area contributed by atoms with E-state index in [1.807, 2.05) is 25.4 Å². The van der Waals surface area contributed by atoms with Crippen LogP contribution in [0.1, 0.15) is 32.1 Å². The second-order valence-corrected chi connectivity index (χ2v) is 14.2. The average molecular weight is 631 g/mol. The topological polar surface area (TPSA) is 135 Å². The van der Waals surface area contributed by atoms with Gasteiger partial charge in [-0.05, 0) is 87.3 Å². The number of sulfone groups is 1. The summed E-state index contributed by atoms with van der Waals surface area (Å²) in [6.07, 6.45) is 7.89. The number of likely N-dealkylation sites (tertiary alicyclic amines) is 1. The minimum absolute atomic E-state index is 0.0900. The average Bonchev–Trinajstić information content (AvgIpc) is 3.60. The van der Waals surface area contributed by atoms with Crippen LogP contribution in [-0.4, -0.2) is 89.8 Å². The number of aryl methyl sites for hydroxylation is 1. The van der Waals surface area contributed by atoms with Gasteiger partial charge in [-0.15, -0.1) is 0 Å². The van der Waals surface area contributed by atoms with Crippen molar-refractivity contribution in [3.8, 4) is 11.4 Å². The fourth-order valence-corrected chi connectivity index (χ4v) is 7.74. The third kappa shape index (κ3) is 6.51. The number of anilines is 3. The van der Waals surface area contributed by atoms with E-state index in [1.165, 1.54) is 6.42 Å². The van der Waals surface area contributed by atoms with E-state index in [0.29, 0.717) is 23.7 Å². The number of morpholine rings is 1. The van der Waals surface area contributed by atoms with Gasteiger partial charge >= 0.3 is 6.03 Å². The molecule has 2 N–H and O–H groups in total. The van der Waals surface area contributed by atoms with Crippen LogP contribution in [0.15, 0.2) is 59.6 Å². The Balaban J connectivity index is 0.994. The summed E-state index contributed by atoms with van der Waals surface area (Å²) in [5.41, 5.74) is 2.68. The summed E-state index contributed by atoms with van der Waals surface area (Å²) in [5, 5.41) is 11.0. The van der Waals surface area contributed by atoms with Crippen molar-refractivity contribution >= 4 is 44.1 Å². The number of rotatable bonds is 8. The Labute approximate surface area is 262 Å². The number of ether oxygens (including phenoxy) is 1. The number of hydrogen-bond acceptors (Lipinski definition) is 9. The highest BCUT2D eigenvalue weighted by atomic mass is 32.2. The lowest BCUT2D eigenvalue weighted by molar-refractivity contribution is 0.0303. The molecule has 3 aliphatic heterocycles. The Bertz CT molecular complexity index is 1770. The number of carbonyl (C=O) groups excluding carboxylic acids is 1. The number of hydrogen-bond donors (Lipinski definition) is 2. The molecule has 45 heavy (non-hydrogen) atoms. The van der Waals surface area contributed by atoms with Gasteiger partial charge in [0.15, 0.2) is 21.3 Å². The van der Waals surface area contributed by atoms with Crippen molar-refractivity contribution in [3.05, 3.63) is 54.7 Å². The number of nitrogens with one attached hydrogen (secondary N) is 2. The highest BCUT2D eigenvalue weighted by Crippen LogP contribution is 2.33. The van der Waals surface area contributed by atoms with Gasteiger partial charge in [0.1, 0.15) is 5.82 Å². The molecule has 4 aromatic rings. The first-order valence-electron chi connectivity index (χ1n) is 15.6. The molecule has 0 saturated carbocycles. The van der Waals surface area contributed by atoms with Crippen LogP contribution in [0.2, 0.25) is 0 Å². The Hall–Kier alpha value is -4.07. The summed E-state index contributed by atoms with van der Waals surface area (Å²) in [7, 11) is -1.52. The minimum atomic E-state index is -3.40. The fraction of sp³-hybridized carbons (Fsp3) is 0.438. The Kier molecular flexibility index (Phi) is 8.15. The maximum absolute atomic E-state index is 12.8. The molecule has 12 nitrogen and oxygen atoms in total. The van der Waals surface area contributed by atoms with Gasteiger partial charge in [-0.25, -0.2) is 23.2 Å². The second kappa shape index (κ2) is 12.4. The largest absolute Gasteiger partial charge is 0.371 e. The van der Waals surface area contributed by atoms with Crippen molar-refractivity contribution in [2.45, 2.75) is 49.2 Å². The zero-order valence-corrected chi connectivity index (χ0v) is 26.2. The Morgan fingerprint density at radius 1 is 0.911 bits per heavy atom. The van der Waals surface area contributed by atoms with E-state index in [4.69, 9.17) is 14.7 Å². The lowest BCUT2D eigenvalue weighted by atomic mass is 10.1. The summed E-state index contributed by atoms with van der Waals surface area (Å²) in [5.74, 6) is 1.54. The number of amides is 2. The van der Waals surface area contributed by atoms with Crippen molar-refractivity contribution in [1.29, 1.82) is 0 Å². The maximum Gasteiger partial charge on any atom is 0.323 e. The monoisotopic (exact) mass is 630 g/mol. The molecule has 3 fully saturated rings. The molecule has 0 spiro atoms. The number of fused-ring (bicyclic) bond motifs is 3. The van der Waals surface area contributed by atoms with Crippen molar-refractivity contribution in [1.82, 2.24) is 24.6 Å². The van der Waals surface area contributed by atoms with Gasteiger partial charge in [-0.1, -0.05) is 6.42 Å². The molecular formula is C32H38N8O4S. The first kappa shape index (κ1) is 29.6. The van der Waals surface area contributed by atoms with E-state index in [0.717, 1.165) is 74.3 Å². The first-order valence-corrected chi connectivity index (χ1v) is 17.3. The molecule has 2 atom stereocenters.